The number of aromatic amines is 1. The van der Waals surface area contributed by atoms with E-state index in [0.717, 1.165) is 0 Å². The molecule has 0 saturated carbocycles. The molecule has 1 atom stereocenters. The highest BCUT2D eigenvalue weighted by Gasteiger charge is 2.33. The van der Waals surface area contributed by atoms with Gasteiger partial charge in [-0.2, -0.15) is 5.10 Å². The average molecular weight is 238 g/mol. The summed E-state index contributed by atoms with van der Waals surface area (Å²) in [5.74, 6) is -0.462. The predicted molar refractivity (Wildman–Crippen MR) is 59.4 cm³/mol. The van der Waals surface area contributed by atoms with Crippen LogP contribution in [0.1, 0.15) is 16.9 Å². The maximum absolute atomic E-state index is 11.8. The molecule has 1 amide bonds. The molecule has 3 N–H and O–H groups in total. The molecule has 0 radical (unpaired) electrons. The summed E-state index contributed by atoms with van der Waals surface area (Å²) < 4.78 is 4.61. The molecule has 1 aromatic rings. The smallest absolute Gasteiger partial charge is 0.358 e. The van der Waals surface area contributed by atoms with Crippen LogP contribution < -0.4 is 10.6 Å². The molecule has 1 aliphatic rings. The Bertz CT molecular complexity index is 443. The minimum atomic E-state index is -0.540. The van der Waals surface area contributed by atoms with Gasteiger partial charge in [-0.05, 0) is 12.5 Å². The Kier molecular flexibility index (Phi) is 3.10. The number of esters is 1. The summed E-state index contributed by atoms with van der Waals surface area (Å²) in [5, 5.41) is 6.31. The van der Waals surface area contributed by atoms with E-state index in [1.807, 2.05) is 0 Å². The SMILES string of the molecule is COC(=O)c1[nH]ncc1N1CC(CN)CC1=O. The number of rotatable bonds is 3. The van der Waals surface area contributed by atoms with E-state index >= 15 is 0 Å². The average Bonchev–Trinajstić information content (AvgIpc) is 2.93. The lowest BCUT2D eigenvalue weighted by atomic mass is 10.1. The summed E-state index contributed by atoms with van der Waals surface area (Å²) in [6.45, 7) is 0.965. The Morgan fingerprint density at radius 1 is 1.76 bits per heavy atom. The third-order valence-electron chi connectivity index (χ3n) is 2.84. The van der Waals surface area contributed by atoms with Crippen LogP contribution in [0.2, 0.25) is 0 Å². The number of amides is 1. The maximum Gasteiger partial charge on any atom is 0.358 e. The maximum atomic E-state index is 11.8. The van der Waals surface area contributed by atoms with Gasteiger partial charge in [-0.15, -0.1) is 0 Å². The number of nitrogens with one attached hydrogen (secondary N) is 1. The van der Waals surface area contributed by atoms with Crippen LogP contribution in [0.25, 0.3) is 0 Å². The number of nitrogens with two attached hydrogens (primary N) is 1. The zero-order valence-corrected chi connectivity index (χ0v) is 9.47. The van der Waals surface area contributed by atoms with Crippen molar-refractivity contribution < 1.29 is 14.3 Å². The summed E-state index contributed by atoms with van der Waals surface area (Å²) >= 11 is 0. The normalized spacial score (nSPS) is 19.8. The van der Waals surface area contributed by atoms with E-state index < -0.39 is 5.97 Å². The molecule has 1 aliphatic heterocycles. The second-order valence-electron chi connectivity index (χ2n) is 3.93. The number of hydrogen-bond donors (Lipinski definition) is 2. The van der Waals surface area contributed by atoms with Crippen molar-refractivity contribution in [3.05, 3.63) is 11.9 Å². The van der Waals surface area contributed by atoms with Gasteiger partial charge in [0.25, 0.3) is 0 Å². The molecule has 7 nitrogen and oxygen atoms in total. The molecule has 92 valence electrons. The van der Waals surface area contributed by atoms with Crippen LogP contribution in [0.4, 0.5) is 5.69 Å². The Hall–Kier alpha value is -1.89. The van der Waals surface area contributed by atoms with Gasteiger partial charge in [-0.25, -0.2) is 4.79 Å². The van der Waals surface area contributed by atoms with Gasteiger partial charge in [0.1, 0.15) is 0 Å². The summed E-state index contributed by atoms with van der Waals surface area (Å²) in [6.07, 6.45) is 1.85. The van der Waals surface area contributed by atoms with Crippen molar-refractivity contribution in [2.45, 2.75) is 6.42 Å². The highest BCUT2D eigenvalue weighted by Crippen LogP contribution is 2.26. The van der Waals surface area contributed by atoms with Gasteiger partial charge in [0.05, 0.1) is 19.0 Å². The number of carbonyl (C=O) groups excluding carboxylic acids is 2. The van der Waals surface area contributed by atoms with E-state index in [4.69, 9.17) is 5.73 Å². The highest BCUT2D eigenvalue weighted by atomic mass is 16.5. The number of aromatic nitrogens is 2. The Morgan fingerprint density at radius 3 is 3.12 bits per heavy atom. The molecule has 17 heavy (non-hydrogen) atoms. The third-order valence-corrected chi connectivity index (χ3v) is 2.84. The summed E-state index contributed by atoms with van der Waals surface area (Å²) in [7, 11) is 1.28. The Balaban J connectivity index is 2.26. The third kappa shape index (κ3) is 2.01. The van der Waals surface area contributed by atoms with Crippen LogP contribution in [0.15, 0.2) is 6.20 Å². The molecule has 0 aromatic carbocycles. The molecule has 7 heteroatoms. The van der Waals surface area contributed by atoms with E-state index in [9.17, 15) is 9.59 Å². The minimum absolute atomic E-state index is 0.0491. The van der Waals surface area contributed by atoms with Crippen LogP contribution in [0.5, 0.6) is 0 Å². The first-order valence-electron chi connectivity index (χ1n) is 5.29. The minimum Gasteiger partial charge on any atom is -0.464 e. The standard InChI is InChI=1S/C10H14N4O3/c1-17-10(16)9-7(4-12-13-9)14-5-6(3-11)2-8(14)15/h4,6H,2-3,5,11H2,1H3,(H,12,13). The fourth-order valence-corrected chi connectivity index (χ4v) is 1.91. The van der Waals surface area contributed by atoms with Crippen molar-refractivity contribution in [3.8, 4) is 0 Å². The van der Waals surface area contributed by atoms with Crippen molar-refractivity contribution in [2.75, 3.05) is 25.1 Å². The number of carbonyl (C=O) groups is 2. The second-order valence-corrected chi connectivity index (χ2v) is 3.93. The first-order chi connectivity index (χ1) is 8.17. The molecule has 0 aliphatic carbocycles. The fourth-order valence-electron chi connectivity index (χ4n) is 1.91. The molecule has 1 saturated heterocycles. The molecule has 2 rings (SSSR count). The number of hydrogen-bond acceptors (Lipinski definition) is 5. The number of nitrogens with zero attached hydrogens (tertiary/aromatic N) is 2. The Morgan fingerprint density at radius 2 is 2.53 bits per heavy atom. The molecule has 0 bridgehead atoms. The van der Waals surface area contributed by atoms with E-state index in [-0.39, 0.29) is 17.5 Å². The monoisotopic (exact) mass is 238 g/mol. The lowest BCUT2D eigenvalue weighted by Gasteiger charge is -2.15. The molecule has 1 unspecified atom stereocenters. The largest absolute Gasteiger partial charge is 0.464 e. The molecule has 1 aromatic heterocycles. The molecule has 0 spiro atoms. The number of H-pyrrole nitrogens is 1. The van der Waals surface area contributed by atoms with Crippen molar-refractivity contribution >= 4 is 17.6 Å². The zero-order chi connectivity index (χ0) is 12.4. The van der Waals surface area contributed by atoms with Gasteiger partial charge >= 0.3 is 5.97 Å². The number of ether oxygens (including phenoxy) is 1. The van der Waals surface area contributed by atoms with Gasteiger partial charge < -0.3 is 15.4 Å². The summed E-state index contributed by atoms with van der Waals surface area (Å²) in [4.78, 5) is 24.8. The fraction of sp³-hybridized carbons (Fsp3) is 0.500. The number of methoxy groups -OCH3 is 1. The van der Waals surface area contributed by atoms with Crippen LogP contribution in [-0.2, 0) is 9.53 Å². The number of anilines is 1. The first-order valence-corrected chi connectivity index (χ1v) is 5.29. The molecule has 1 fully saturated rings. The van der Waals surface area contributed by atoms with Gasteiger partial charge in [0.15, 0.2) is 5.69 Å². The van der Waals surface area contributed by atoms with Crippen LogP contribution in [0.3, 0.4) is 0 Å². The van der Waals surface area contributed by atoms with Gasteiger partial charge in [-0.3, -0.25) is 9.89 Å². The van der Waals surface area contributed by atoms with Gasteiger partial charge in [-0.1, -0.05) is 0 Å². The molecular weight excluding hydrogens is 224 g/mol. The van der Waals surface area contributed by atoms with Crippen LogP contribution >= 0.6 is 0 Å². The van der Waals surface area contributed by atoms with E-state index in [1.165, 1.54) is 18.2 Å². The van der Waals surface area contributed by atoms with Crippen molar-refractivity contribution in [2.24, 2.45) is 11.7 Å². The van der Waals surface area contributed by atoms with Crippen LogP contribution in [0, 0.1) is 5.92 Å². The predicted octanol–water partition coefficient (Wildman–Crippen LogP) is -0.492. The van der Waals surface area contributed by atoms with Crippen molar-refractivity contribution in [1.29, 1.82) is 0 Å². The molecular formula is C10H14N4O3. The second kappa shape index (κ2) is 4.54. The first kappa shape index (κ1) is 11.6. The van der Waals surface area contributed by atoms with E-state index in [0.29, 0.717) is 25.2 Å². The quantitative estimate of drug-likeness (QED) is 0.692. The van der Waals surface area contributed by atoms with E-state index in [2.05, 4.69) is 14.9 Å². The van der Waals surface area contributed by atoms with Crippen molar-refractivity contribution in [1.82, 2.24) is 10.2 Å². The van der Waals surface area contributed by atoms with E-state index in [1.54, 1.807) is 0 Å². The van der Waals surface area contributed by atoms with Crippen LogP contribution in [-0.4, -0.2) is 42.3 Å². The Labute approximate surface area is 97.9 Å². The summed E-state index contributed by atoms with van der Waals surface area (Å²) in [5.41, 5.74) is 6.19. The van der Waals surface area contributed by atoms with Gasteiger partial charge in [0, 0.05) is 13.0 Å². The summed E-state index contributed by atoms with van der Waals surface area (Å²) in [6, 6.07) is 0. The lowest BCUT2D eigenvalue weighted by molar-refractivity contribution is -0.117. The highest BCUT2D eigenvalue weighted by molar-refractivity contribution is 6.02. The lowest BCUT2D eigenvalue weighted by Crippen LogP contribution is -2.27. The molecule has 2 heterocycles. The van der Waals surface area contributed by atoms with Crippen molar-refractivity contribution in [3.63, 3.8) is 0 Å². The topological polar surface area (TPSA) is 101 Å². The van der Waals surface area contributed by atoms with Gasteiger partial charge in [0.2, 0.25) is 5.91 Å². The zero-order valence-electron chi connectivity index (χ0n) is 9.47.